The van der Waals surface area contributed by atoms with Crippen LogP contribution in [0.5, 0.6) is 0 Å². The molecule has 0 aromatic rings. The van der Waals surface area contributed by atoms with E-state index in [9.17, 15) is 4.79 Å². The van der Waals surface area contributed by atoms with Gasteiger partial charge < -0.3 is 10.4 Å². The van der Waals surface area contributed by atoms with Crippen molar-refractivity contribution in [2.24, 2.45) is 0 Å². The van der Waals surface area contributed by atoms with Gasteiger partial charge >= 0.3 is 5.97 Å². The van der Waals surface area contributed by atoms with Crippen molar-refractivity contribution in [3.05, 3.63) is 12.2 Å². The van der Waals surface area contributed by atoms with Crippen LogP contribution in [0.25, 0.3) is 0 Å². The molecule has 0 amide bonds. The van der Waals surface area contributed by atoms with Crippen LogP contribution in [-0.4, -0.2) is 24.2 Å². The highest BCUT2D eigenvalue weighted by Crippen LogP contribution is 1.88. The third-order valence-electron chi connectivity index (χ3n) is 1.32. The first-order chi connectivity index (χ1) is 5.68. The maximum absolute atomic E-state index is 10.2. The number of hydrogen-bond donors (Lipinski definition) is 2. The molecule has 0 fully saturated rings. The van der Waals surface area contributed by atoms with Crippen LogP contribution in [-0.2, 0) is 4.79 Å². The molecule has 0 aliphatic carbocycles. The van der Waals surface area contributed by atoms with Crippen LogP contribution in [0.1, 0.15) is 12.8 Å². The lowest BCUT2D eigenvalue weighted by Gasteiger charge is -2.01. The maximum Gasteiger partial charge on any atom is 0.332 e. The molecule has 0 aliphatic heterocycles. The first kappa shape index (κ1) is 10.7. The largest absolute Gasteiger partial charge is 0.478 e. The van der Waals surface area contributed by atoms with E-state index in [1.807, 2.05) is 0 Å². The number of carbonyl (C=O) groups is 1. The summed E-state index contributed by atoms with van der Waals surface area (Å²) >= 11 is 0. The molecular weight excluding hydrogens is 154 g/mol. The van der Waals surface area contributed by atoms with Crippen LogP contribution in [0.15, 0.2) is 12.2 Å². The fourth-order valence-corrected chi connectivity index (χ4v) is 0.630. The molecule has 0 atom stereocenters. The number of terminal acetylenes is 1. The zero-order valence-corrected chi connectivity index (χ0v) is 6.97. The van der Waals surface area contributed by atoms with E-state index in [1.54, 1.807) is 0 Å². The number of carboxylic acid groups (broad SMARTS) is 1. The quantitative estimate of drug-likeness (QED) is 0.346. The maximum atomic E-state index is 10.2. The van der Waals surface area contributed by atoms with Gasteiger partial charge in [0.2, 0.25) is 0 Å². The molecular formula is C9H13NO2. The highest BCUT2D eigenvalue weighted by molar-refractivity contribution is 5.86. The van der Waals surface area contributed by atoms with Crippen LogP contribution in [0.3, 0.4) is 0 Å². The van der Waals surface area contributed by atoms with Crippen molar-refractivity contribution in [2.45, 2.75) is 12.8 Å². The summed E-state index contributed by atoms with van der Waals surface area (Å²) in [5, 5.41) is 11.3. The summed E-state index contributed by atoms with van der Waals surface area (Å²) in [6.07, 6.45) is 6.61. The van der Waals surface area contributed by atoms with Gasteiger partial charge in [0, 0.05) is 18.5 Å². The van der Waals surface area contributed by atoms with E-state index >= 15 is 0 Å². The fourth-order valence-electron chi connectivity index (χ4n) is 0.630. The summed E-state index contributed by atoms with van der Waals surface area (Å²) < 4.78 is 0. The summed E-state index contributed by atoms with van der Waals surface area (Å²) in [7, 11) is 0. The van der Waals surface area contributed by atoms with E-state index in [0.29, 0.717) is 13.0 Å². The average molecular weight is 167 g/mol. The van der Waals surface area contributed by atoms with Gasteiger partial charge in [-0.2, -0.15) is 0 Å². The van der Waals surface area contributed by atoms with Crippen molar-refractivity contribution in [2.75, 3.05) is 13.1 Å². The summed E-state index contributed by atoms with van der Waals surface area (Å²) in [4.78, 5) is 10.2. The number of carboxylic acids is 1. The molecule has 0 heterocycles. The molecule has 0 spiro atoms. The van der Waals surface area contributed by atoms with Gasteiger partial charge in [0.05, 0.1) is 0 Å². The highest BCUT2D eigenvalue weighted by atomic mass is 16.4. The Bertz CT molecular complexity index is 203. The second-order valence-corrected chi connectivity index (χ2v) is 2.39. The highest BCUT2D eigenvalue weighted by Gasteiger charge is 2.01. The number of aliphatic carboxylic acids is 1. The zero-order valence-electron chi connectivity index (χ0n) is 6.97. The molecule has 12 heavy (non-hydrogen) atoms. The number of unbranched alkanes of at least 4 members (excludes halogenated alkanes) is 1. The van der Waals surface area contributed by atoms with E-state index in [1.165, 1.54) is 0 Å². The van der Waals surface area contributed by atoms with Crippen LogP contribution in [0.4, 0.5) is 0 Å². The molecule has 0 bridgehead atoms. The van der Waals surface area contributed by atoms with Crippen LogP contribution >= 0.6 is 0 Å². The molecule has 66 valence electrons. The fraction of sp³-hybridized carbons (Fsp3) is 0.444. The van der Waals surface area contributed by atoms with Crippen LogP contribution in [0.2, 0.25) is 0 Å². The predicted octanol–water partition coefficient (Wildman–Crippen LogP) is 0.630. The van der Waals surface area contributed by atoms with Crippen LogP contribution < -0.4 is 5.32 Å². The van der Waals surface area contributed by atoms with Crippen molar-refractivity contribution in [1.29, 1.82) is 0 Å². The summed E-state index contributed by atoms with van der Waals surface area (Å²) in [6, 6.07) is 0. The van der Waals surface area contributed by atoms with E-state index < -0.39 is 5.97 Å². The lowest BCUT2D eigenvalue weighted by Crippen LogP contribution is -2.21. The van der Waals surface area contributed by atoms with Gasteiger partial charge in [0.1, 0.15) is 0 Å². The number of hydrogen-bond acceptors (Lipinski definition) is 2. The zero-order chi connectivity index (χ0) is 9.40. The Morgan fingerprint density at radius 1 is 1.67 bits per heavy atom. The van der Waals surface area contributed by atoms with Gasteiger partial charge in [-0.15, -0.1) is 12.3 Å². The van der Waals surface area contributed by atoms with E-state index in [-0.39, 0.29) is 5.57 Å². The number of nitrogens with one attached hydrogen (secondary N) is 1. The molecule has 0 radical (unpaired) electrons. The Morgan fingerprint density at radius 3 is 2.83 bits per heavy atom. The minimum Gasteiger partial charge on any atom is -0.478 e. The predicted molar refractivity (Wildman–Crippen MR) is 47.7 cm³/mol. The normalized spacial score (nSPS) is 8.92. The van der Waals surface area contributed by atoms with E-state index in [4.69, 9.17) is 11.5 Å². The molecule has 3 heteroatoms. The van der Waals surface area contributed by atoms with Crippen molar-refractivity contribution in [3.8, 4) is 12.3 Å². The van der Waals surface area contributed by atoms with Crippen molar-refractivity contribution < 1.29 is 9.90 Å². The smallest absolute Gasteiger partial charge is 0.332 e. The molecule has 0 aromatic heterocycles. The second-order valence-electron chi connectivity index (χ2n) is 2.39. The third-order valence-corrected chi connectivity index (χ3v) is 1.32. The van der Waals surface area contributed by atoms with Crippen molar-refractivity contribution in [3.63, 3.8) is 0 Å². The SMILES string of the molecule is C#CCCCNCC(=C)C(=O)O. The van der Waals surface area contributed by atoms with Gasteiger partial charge in [-0.05, 0) is 13.0 Å². The summed E-state index contributed by atoms with van der Waals surface area (Å²) in [5.41, 5.74) is 0.177. The molecule has 0 rings (SSSR count). The molecule has 0 saturated carbocycles. The van der Waals surface area contributed by atoms with Gasteiger partial charge in [0.15, 0.2) is 0 Å². The third kappa shape index (κ3) is 5.51. The topological polar surface area (TPSA) is 49.3 Å². The van der Waals surface area contributed by atoms with Crippen LogP contribution in [0, 0.1) is 12.3 Å². The summed E-state index contributed by atoms with van der Waals surface area (Å²) in [5.74, 6) is 1.54. The molecule has 0 unspecified atom stereocenters. The molecule has 2 N–H and O–H groups in total. The molecule has 0 saturated heterocycles. The van der Waals surface area contributed by atoms with Gasteiger partial charge in [-0.25, -0.2) is 4.79 Å². The average Bonchev–Trinajstić information content (AvgIpc) is 2.03. The lowest BCUT2D eigenvalue weighted by atomic mass is 10.3. The minimum atomic E-state index is -0.959. The Morgan fingerprint density at radius 2 is 2.33 bits per heavy atom. The van der Waals surface area contributed by atoms with Gasteiger partial charge in [-0.1, -0.05) is 6.58 Å². The lowest BCUT2D eigenvalue weighted by molar-refractivity contribution is -0.132. The minimum absolute atomic E-state index is 0.177. The van der Waals surface area contributed by atoms with E-state index in [2.05, 4.69) is 17.8 Å². The molecule has 0 aliphatic rings. The van der Waals surface area contributed by atoms with Gasteiger partial charge in [0.25, 0.3) is 0 Å². The van der Waals surface area contributed by atoms with Crippen molar-refractivity contribution in [1.82, 2.24) is 5.32 Å². The van der Waals surface area contributed by atoms with Crippen molar-refractivity contribution >= 4 is 5.97 Å². The first-order valence-corrected chi connectivity index (χ1v) is 3.73. The monoisotopic (exact) mass is 167 g/mol. The Balaban J connectivity index is 3.27. The Kier molecular flexibility index (Phi) is 5.76. The molecule has 0 aromatic carbocycles. The van der Waals surface area contributed by atoms with E-state index in [0.717, 1.165) is 13.0 Å². The number of rotatable bonds is 6. The summed E-state index contributed by atoms with van der Waals surface area (Å²) in [6.45, 7) is 4.42. The Hall–Kier alpha value is -1.27. The van der Waals surface area contributed by atoms with Gasteiger partial charge in [-0.3, -0.25) is 0 Å². The Labute approximate surface area is 72.5 Å². The molecule has 3 nitrogen and oxygen atoms in total. The standard InChI is InChI=1S/C9H13NO2/c1-3-4-5-6-10-7-8(2)9(11)12/h1,10H,2,4-7H2,(H,11,12). The second kappa shape index (κ2) is 6.44. The first-order valence-electron chi connectivity index (χ1n) is 3.73.